The number of carbonyl (C=O) groups excluding carboxylic acids is 1. The SMILES string of the molecule is Cc1nn(Cc2ccccc2)c(C)c1C(=O)NCCNc1ccc(C(F)(F)F)cn1. The van der Waals surface area contributed by atoms with Crippen molar-refractivity contribution < 1.29 is 18.0 Å². The molecule has 2 aromatic heterocycles. The van der Waals surface area contributed by atoms with Crippen LogP contribution in [0.4, 0.5) is 19.0 Å². The molecule has 9 heteroatoms. The quantitative estimate of drug-likeness (QED) is 0.574. The molecule has 0 saturated heterocycles. The van der Waals surface area contributed by atoms with Crippen molar-refractivity contribution in [1.82, 2.24) is 20.1 Å². The Morgan fingerprint density at radius 3 is 2.43 bits per heavy atom. The Bertz CT molecular complexity index is 998. The molecule has 30 heavy (non-hydrogen) atoms. The van der Waals surface area contributed by atoms with Crippen LogP contribution in [-0.4, -0.2) is 33.8 Å². The minimum atomic E-state index is -4.42. The predicted octanol–water partition coefficient (Wildman–Crippen LogP) is 3.80. The van der Waals surface area contributed by atoms with Gasteiger partial charge in [-0.15, -0.1) is 0 Å². The number of aromatic nitrogens is 3. The maximum atomic E-state index is 12.6. The minimum Gasteiger partial charge on any atom is -0.368 e. The first kappa shape index (κ1) is 21.4. The molecule has 0 unspecified atom stereocenters. The Labute approximate surface area is 172 Å². The van der Waals surface area contributed by atoms with Crippen molar-refractivity contribution >= 4 is 11.7 Å². The van der Waals surface area contributed by atoms with Gasteiger partial charge in [-0.05, 0) is 31.5 Å². The molecule has 2 N–H and O–H groups in total. The number of alkyl halides is 3. The second-order valence-corrected chi connectivity index (χ2v) is 6.80. The highest BCUT2D eigenvalue weighted by Gasteiger charge is 2.30. The smallest absolute Gasteiger partial charge is 0.368 e. The highest BCUT2D eigenvalue weighted by Crippen LogP contribution is 2.28. The van der Waals surface area contributed by atoms with Crippen LogP contribution in [0.5, 0.6) is 0 Å². The predicted molar refractivity (Wildman–Crippen MR) is 107 cm³/mol. The maximum absolute atomic E-state index is 12.6. The van der Waals surface area contributed by atoms with Crippen LogP contribution in [0.1, 0.15) is 32.9 Å². The van der Waals surface area contributed by atoms with Crippen molar-refractivity contribution in [2.24, 2.45) is 0 Å². The molecule has 0 saturated carbocycles. The van der Waals surface area contributed by atoms with Crippen molar-refractivity contribution in [3.63, 3.8) is 0 Å². The van der Waals surface area contributed by atoms with Gasteiger partial charge >= 0.3 is 6.18 Å². The lowest BCUT2D eigenvalue weighted by atomic mass is 10.1. The van der Waals surface area contributed by atoms with E-state index in [1.54, 1.807) is 11.6 Å². The van der Waals surface area contributed by atoms with Gasteiger partial charge in [0.1, 0.15) is 5.82 Å². The Balaban J connectivity index is 1.54. The summed E-state index contributed by atoms with van der Waals surface area (Å²) in [4.78, 5) is 16.3. The summed E-state index contributed by atoms with van der Waals surface area (Å²) in [5.74, 6) is 0.0618. The Hall–Kier alpha value is -3.36. The van der Waals surface area contributed by atoms with Gasteiger partial charge in [0.2, 0.25) is 0 Å². The van der Waals surface area contributed by atoms with E-state index >= 15 is 0 Å². The lowest BCUT2D eigenvalue weighted by Gasteiger charge is -2.10. The summed E-state index contributed by atoms with van der Waals surface area (Å²) in [6.45, 7) is 4.81. The van der Waals surface area contributed by atoms with E-state index in [2.05, 4.69) is 20.7 Å². The van der Waals surface area contributed by atoms with Gasteiger partial charge in [-0.2, -0.15) is 18.3 Å². The number of anilines is 1. The molecule has 0 aliphatic carbocycles. The summed E-state index contributed by atoms with van der Waals surface area (Å²) in [6.07, 6.45) is -3.64. The number of nitrogens with zero attached hydrogens (tertiary/aromatic N) is 3. The number of nitrogens with one attached hydrogen (secondary N) is 2. The zero-order chi connectivity index (χ0) is 21.7. The number of halogens is 3. The average Bonchev–Trinajstić information content (AvgIpc) is 2.98. The van der Waals surface area contributed by atoms with Crippen molar-refractivity contribution in [2.45, 2.75) is 26.6 Å². The molecular formula is C21H22F3N5O. The highest BCUT2D eigenvalue weighted by atomic mass is 19.4. The topological polar surface area (TPSA) is 71.8 Å². The monoisotopic (exact) mass is 417 g/mol. The number of benzene rings is 1. The lowest BCUT2D eigenvalue weighted by molar-refractivity contribution is -0.137. The third kappa shape index (κ3) is 5.16. The van der Waals surface area contributed by atoms with Crippen molar-refractivity contribution in [1.29, 1.82) is 0 Å². The van der Waals surface area contributed by atoms with Gasteiger partial charge in [0.25, 0.3) is 5.91 Å². The maximum Gasteiger partial charge on any atom is 0.417 e. The van der Waals surface area contributed by atoms with Crippen LogP contribution in [-0.2, 0) is 12.7 Å². The third-order valence-electron chi connectivity index (χ3n) is 4.59. The Morgan fingerprint density at radius 2 is 1.80 bits per heavy atom. The summed E-state index contributed by atoms with van der Waals surface area (Å²) >= 11 is 0. The van der Waals surface area contributed by atoms with E-state index in [1.807, 2.05) is 37.3 Å². The van der Waals surface area contributed by atoms with Crippen molar-refractivity contribution in [2.75, 3.05) is 18.4 Å². The molecule has 3 rings (SSSR count). The van der Waals surface area contributed by atoms with Gasteiger partial charge in [-0.1, -0.05) is 30.3 Å². The molecule has 0 aliphatic heterocycles. The number of hydrogen-bond donors (Lipinski definition) is 2. The molecule has 1 amide bonds. The van der Waals surface area contributed by atoms with Gasteiger partial charge in [0.15, 0.2) is 0 Å². The van der Waals surface area contributed by atoms with Crippen LogP contribution < -0.4 is 10.6 Å². The fourth-order valence-electron chi connectivity index (χ4n) is 3.06. The Kier molecular flexibility index (Phi) is 6.39. The number of hydrogen-bond acceptors (Lipinski definition) is 4. The van der Waals surface area contributed by atoms with Crippen LogP contribution >= 0.6 is 0 Å². The molecule has 0 spiro atoms. The van der Waals surface area contributed by atoms with E-state index < -0.39 is 11.7 Å². The number of aryl methyl sites for hydroxylation is 1. The standard InChI is InChI=1S/C21H22F3N5O/c1-14-19(15(2)29(28-14)13-16-6-4-3-5-7-16)20(30)26-11-10-25-18-9-8-17(12-27-18)21(22,23)24/h3-9,12H,10-11,13H2,1-2H3,(H,25,27)(H,26,30). The lowest BCUT2D eigenvalue weighted by Crippen LogP contribution is -2.29. The number of rotatable bonds is 7. The molecule has 0 bridgehead atoms. The number of amides is 1. The molecule has 0 fully saturated rings. The van der Waals surface area contributed by atoms with Crippen LogP contribution in [0.3, 0.4) is 0 Å². The molecule has 0 aliphatic rings. The third-order valence-corrected chi connectivity index (χ3v) is 4.59. The fourth-order valence-corrected chi connectivity index (χ4v) is 3.06. The summed E-state index contributed by atoms with van der Waals surface area (Å²) < 4.78 is 39.4. The summed E-state index contributed by atoms with van der Waals surface area (Å²) in [5, 5.41) is 10.2. The van der Waals surface area contributed by atoms with Gasteiger partial charge in [0, 0.05) is 25.0 Å². The van der Waals surface area contributed by atoms with E-state index in [0.29, 0.717) is 30.2 Å². The van der Waals surface area contributed by atoms with Gasteiger partial charge in [0.05, 0.1) is 23.4 Å². The zero-order valence-electron chi connectivity index (χ0n) is 16.6. The zero-order valence-corrected chi connectivity index (χ0v) is 16.6. The normalized spacial score (nSPS) is 11.4. The van der Waals surface area contributed by atoms with E-state index in [4.69, 9.17) is 0 Å². The van der Waals surface area contributed by atoms with Crippen LogP contribution in [0, 0.1) is 13.8 Å². The fraction of sp³-hybridized carbons (Fsp3) is 0.286. The summed E-state index contributed by atoms with van der Waals surface area (Å²) in [7, 11) is 0. The van der Waals surface area contributed by atoms with E-state index in [1.165, 1.54) is 6.07 Å². The second-order valence-electron chi connectivity index (χ2n) is 6.80. The summed E-state index contributed by atoms with van der Waals surface area (Å²) in [5.41, 5.74) is 2.21. The van der Waals surface area contributed by atoms with E-state index in [9.17, 15) is 18.0 Å². The average molecular weight is 417 g/mol. The van der Waals surface area contributed by atoms with Gasteiger partial charge in [-0.3, -0.25) is 9.48 Å². The molecule has 158 valence electrons. The number of pyridine rings is 1. The van der Waals surface area contributed by atoms with Gasteiger partial charge < -0.3 is 10.6 Å². The molecule has 0 radical (unpaired) electrons. The molecule has 1 aromatic carbocycles. The molecule has 6 nitrogen and oxygen atoms in total. The van der Waals surface area contributed by atoms with E-state index in [-0.39, 0.29) is 12.5 Å². The highest BCUT2D eigenvalue weighted by molar-refractivity contribution is 5.96. The first-order valence-electron chi connectivity index (χ1n) is 9.39. The van der Waals surface area contributed by atoms with Crippen molar-refractivity contribution in [3.05, 3.63) is 76.7 Å². The molecule has 0 atom stereocenters. The van der Waals surface area contributed by atoms with Crippen LogP contribution in [0.2, 0.25) is 0 Å². The molecule has 2 heterocycles. The van der Waals surface area contributed by atoms with E-state index in [0.717, 1.165) is 23.5 Å². The largest absolute Gasteiger partial charge is 0.417 e. The summed E-state index contributed by atoms with van der Waals surface area (Å²) in [6, 6.07) is 12.1. The molecule has 3 aromatic rings. The van der Waals surface area contributed by atoms with Gasteiger partial charge in [-0.25, -0.2) is 4.98 Å². The first-order chi connectivity index (χ1) is 14.3. The first-order valence-corrected chi connectivity index (χ1v) is 9.39. The minimum absolute atomic E-state index is 0.244. The Morgan fingerprint density at radius 1 is 1.07 bits per heavy atom. The van der Waals surface area contributed by atoms with Crippen LogP contribution in [0.25, 0.3) is 0 Å². The number of carbonyl (C=O) groups is 1. The van der Waals surface area contributed by atoms with Crippen LogP contribution in [0.15, 0.2) is 48.7 Å². The second kappa shape index (κ2) is 8.98. The van der Waals surface area contributed by atoms with Crippen molar-refractivity contribution in [3.8, 4) is 0 Å². The molecular weight excluding hydrogens is 395 g/mol.